The Morgan fingerprint density at radius 2 is 1.68 bits per heavy atom. The summed E-state index contributed by atoms with van der Waals surface area (Å²) < 4.78 is 31.1. The molecule has 1 saturated heterocycles. The first-order valence-electron chi connectivity index (χ1n) is 8.48. The van der Waals surface area contributed by atoms with E-state index in [1.807, 2.05) is 0 Å². The van der Waals surface area contributed by atoms with Crippen LogP contribution in [0.1, 0.15) is 43.0 Å². The second-order valence-electron chi connectivity index (χ2n) is 5.90. The zero-order valence-corrected chi connectivity index (χ0v) is 15.2. The van der Waals surface area contributed by atoms with Crippen LogP contribution in [0.5, 0.6) is 0 Å². The SMILES string of the molecule is CCNS(=O)(=O)c1ccc(C(=O)OCC(=O)N2CCCCCC2)cc1. The third-order valence-corrected chi connectivity index (χ3v) is 5.58. The van der Waals surface area contributed by atoms with Gasteiger partial charge in [0, 0.05) is 19.6 Å². The summed E-state index contributed by atoms with van der Waals surface area (Å²) >= 11 is 0. The Labute approximate surface area is 148 Å². The lowest BCUT2D eigenvalue weighted by Gasteiger charge is -2.19. The van der Waals surface area contributed by atoms with Crippen molar-refractivity contribution in [3.8, 4) is 0 Å². The lowest BCUT2D eigenvalue weighted by atomic mass is 10.2. The van der Waals surface area contributed by atoms with Gasteiger partial charge in [0.2, 0.25) is 10.0 Å². The van der Waals surface area contributed by atoms with Gasteiger partial charge in [0.1, 0.15) is 0 Å². The molecule has 1 aromatic carbocycles. The summed E-state index contributed by atoms with van der Waals surface area (Å²) in [4.78, 5) is 25.9. The topological polar surface area (TPSA) is 92.8 Å². The van der Waals surface area contributed by atoms with Crippen LogP contribution in [0.25, 0.3) is 0 Å². The maximum absolute atomic E-state index is 12.1. The summed E-state index contributed by atoms with van der Waals surface area (Å²) in [5, 5.41) is 0. The molecule has 1 aliphatic rings. The van der Waals surface area contributed by atoms with Gasteiger partial charge in [0.25, 0.3) is 5.91 Å². The van der Waals surface area contributed by atoms with Gasteiger partial charge in [-0.15, -0.1) is 0 Å². The van der Waals surface area contributed by atoms with E-state index in [1.54, 1.807) is 11.8 Å². The zero-order valence-electron chi connectivity index (χ0n) is 14.4. The zero-order chi connectivity index (χ0) is 18.3. The molecule has 2 rings (SSSR count). The van der Waals surface area contributed by atoms with Crippen LogP contribution in [0, 0.1) is 0 Å². The largest absolute Gasteiger partial charge is 0.452 e. The second kappa shape index (κ2) is 8.96. The Balaban J connectivity index is 1.91. The van der Waals surface area contributed by atoms with Crippen molar-refractivity contribution in [2.75, 3.05) is 26.2 Å². The fraction of sp³-hybridized carbons (Fsp3) is 0.529. The van der Waals surface area contributed by atoms with Gasteiger partial charge in [-0.05, 0) is 37.1 Å². The first-order chi connectivity index (χ1) is 11.9. The van der Waals surface area contributed by atoms with E-state index in [9.17, 15) is 18.0 Å². The first-order valence-corrected chi connectivity index (χ1v) is 9.97. The number of nitrogens with one attached hydrogen (secondary N) is 1. The number of esters is 1. The van der Waals surface area contributed by atoms with Gasteiger partial charge in [0.05, 0.1) is 10.5 Å². The molecule has 25 heavy (non-hydrogen) atoms. The number of rotatable bonds is 6. The van der Waals surface area contributed by atoms with Crippen LogP contribution in [0.15, 0.2) is 29.2 Å². The highest BCUT2D eigenvalue weighted by Crippen LogP contribution is 2.12. The average Bonchev–Trinajstić information content (AvgIpc) is 2.89. The van der Waals surface area contributed by atoms with Crippen molar-refractivity contribution in [2.24, 2.45) is 0 Å². The number of ether oxygens (including phenoxy) is 1. The van der Waals surface area contributed by atoms with E-state index in [1.165, 1.54) is 24.3 Å². The van der Waals surface area contributed by atoms with E-state index in [0.29, 0.717) is 13.1 Å². The van der Waals surface area contributed by atoms with E-state index in [0.717, 1.165) is 25.7 Å². The molecule has 0 unspecified atom stereocenters. The van der Waals surface area contributed by atoms with Gasteiger partial charge in [-0.3, -0.25) is 4.79 Å². The van der Waals surface area contributed by atoms with Crippen LogP contribution in [0.2, 0.25) is 0 Å². The third kappa shape index (κ3) is 5.54. The summed E-state index contributed by atoms with van der Waals surface area (Å²) in [6, 6.07) is 5.43. The van der Waals surface area contributed by atoms with E-state index in [-0.39, 0.29) is 29.5 Å². The Bertz CT molecular complexity index is 692. The van der Waals surface area contributed by atoms with Gasteiger partial charge in [-0.25, -0.2) is 17.9 Å². The molecule has 1 aliphatic heterocycles. The molecule has 0 atom stereocenters. The molecule has 0 radical (unpaired) electrons. The van der Waals surface area contributed by atoms with E-state index >= 15 is 0 Å². The van der Waals surface area contributed by atoms with Crippen LogP contribution < -0.4 is 4.72 Å². The highest BCUT2D eigenvalue weighted by molar-refractivity contribution is 7.89. The highest BCUT2D eigenvalue weighted by Gasteiger charge is 2.18. The molecule has 0 aromatic heterocycles. The van der Waals surface area contributed by atoms with Crippen molar-refractivity contribution in [1.82, 2.24) is 9.62 Å². The fourth-order valence-electron chi connectivity index (χ4n) is 2.67. The predicted molar refractivity (Wildman–Crippen MR) is 92.6 cm³/mol. The number of hydrogen-bond acceptors (Lipinski definition) is 5. The minimum atomic E-state index is -3.56. The number of hydrogen-bond donors (Lipinski definition) is 1. The smallest absolute Gasteiger partial charge is 0.338 e. The first kappa shape index (κ1) is 19.4. The maximum atomic E-state index is 12.1. The van der Waals surface area contributed by atoms with Crippen molar-refractivity contribution in [2.45, 2.75) is 37.5 Å². The van der Waals surface area contributed by atoms with Crippen molar-refractivity contribution in [3.63, 3.8) is 0 Å². The van der Waals surface area contributed by atoms with Crippen LogP contribution in [0.4, 0.5) is 0 Å². The van der Waals surface area contributed by atoms with Gasteiger partial charge >= 0.3 is 5.97 Å². The van der Waals surface area contributed by atoms with Crippen LogP contribution in [0.3, 0.4) is 0 Å². The summed E-state index contributed by atoms with van der Waals surface area (Å²) in [6.45, 7) is 3.08. The molecule has 1 heterocycles. The molecule has 138 valence electrons. The molecule has 1 aromatic rings. The van der Waals surface area contributed by atoms with Crippen molar-refractivity contribution < 1.29 is 22.7 Å². The van der Waals surface area contributed by atoms with Crippen LogP contribution >= 0.6 is 0 Å². The van der Waals surface area contributed by atoms with Gasteiger partial charge in [-0.2, -0.15) is 0 Å². The number of amides is 1. The summed E-state index contributed by atoms with van der Waals surface area (Å²) in [7, 11) is -3.56. The normalized spacial score (nSPS) is 15.5. The summed E-state index contributed by atoms with van der Waals surface area (Å²) in [6.07, 6.45) is 4.18. The maximum Gasteiger partial charge on any atom is 0.338 e. The van der Waals surface area contributed by atoms with Crippen LogP contribution in [-0.4, -0.2) is 51.4 Å². The minimum absolute atomic E-state index is 0.0755. The number of likely N-dealkylation sites (tertiary alicyclic amines) is 1. The molecule has 8 heteroatoms. The van der Waals surface area contributed by atoms with Gasteiger partial charge in [-0.1, -0.05) is 19.8 Å². The molecule has 0 bridgehead atoms. The fourth-order valence-corrected chi connectivity index (χ4v) is 3.71. The van der Waals surface area contributed by atoms with Crippen molar-refractivity contribution in [3.05, 3.63) is 29.8 Å². The summed E-state index contributed by atoms with van der Waals surface area (Å²) in [5.41, 5.74) is 0.208. The number of carbonyl (C=O) groups excluding carboxylic acids is 2. The highest BCUT2D eigenvalue weighted by atomic mass is 32.2. The minimum Gasteiger partial charge on any atom is -0.452 e. The third-order valence-electron chi connectivity index (χ3n) is 4.02. The quantitative estimate of drug-likeness (QED) is 0.769. The average molecular weight is 368 g/mol. The number of sulfonamides is 1. The molecular formula is C17H24N2O5S. The molecule has 1 amide bonds. The Kier molecular flexibility index (Phi) is 6.95. The summed E-state index contributed by atoms with van der Waals surface area (Å²) in [5.74, 6) is -0.836. The Morgan fingerprint density at radius 3 is 2.24 bits per heavy atom. The molecule has 1 N–H and O–H groups in total. The van der Waals surface area contributed by atoms with E-state index in [2.05, 4.69) is 4.72 Å². The number of carbonyl (C=O) groups is 2. The second-order valence-corrected chi connectivity index (χ2v) is 7.66. The van der Waals surface area contributed by atoms with Gasteiger partial charge in [0.15, 0.2) is 6.61 Å². The predicted octanol–water partition coefficient (Wildman–Crippen LogP) is 1.54. The van der Waals surface area contributed by atoms with E-state index in [4.69, 9.17) is 4.74 Å². The Hall–Kier alpha value is -1.93. The van der Waals surface area contributed by atoms with E-state index < -0.39 is 16.0 Å². The van der Waals surface area contributed by atoms with Gasteiger partial charge < -0.3 is 9.64 Å². The molecule has 7 nitrogen and oxygen atoms in total. The lowest BCUT2D eigenvalue weighted by molar-refractivity contribution is -0.134. The Morgan fingerprint density at radius 1 is 1.08 bits per heavy atom. The molecular weight excluding hydrogens is 344 g/mol. The molecule has 0 aliphatic carbocycles. The number of benzene rings is 1. The molecule has 1 fully saturated rings. The molecule has 0 saturated carbocycles. The number of nitrogens with zero attached hydrogens (tertiary/aromatic N) is 1. The van der Waals surface area contributed by atoms with Crippen molar-refractivity contribution >= 4 is 21.9 Å². The van der Waals surface area contributed by atoms with Crippen LogP contribution in [-0.2, 0) is 19.6 Å². The van der Waals surface area contributed by atoms with Crippen molar-refractivity contribution in [1.29, 1.82) is 0 Å². The molecule has 0 spiro atoms. The monoisotopic (exact) mass is 368 g/mol. The lowest BCUT2D eigenvalue weighted by Crippen LogP contribution is -2.35. The standard InChI is InChI=1S/C17H24N2O5S/c1-2-18-25(22,23)15-9-7-14(8-10-15)17(21)24-13-16(20)19-11-5-3-4-6-12-19/h7-10,18H,2-6,11-13H2,1H3.